The number of amides is 4. The SMILES string of the molecule is C[C@]12C=CC(=O)C=C1CC[C@@H]1[C@@H]2[C@@H](O)C[C@@]2(C)[C@H]1C[C@H]1O[C@@H](c3ccc(CC45CCC(NC(=O)OCc6ccc(NC(=O)[C@H](CCC(=O)O)NC(=O)CNC(=O)CBr)cc6)(CC4)CC5)cc3)O[C@]12C(=O)CO. The first-order chi connectivity index (χ1) is 34.3. The quantitative estimate of drug-likeness (QED) is 0.0947. The number of ketones is 2. The van der Waals surface area contributed by atoms with Gasteiger partial charge in [0.25, 0.3) is 0 Å². The Labute approximate surface area is 426 Å². The van der Waals surface area contributed by atoms with Crippen LogP contribution in [-0.2, 0) is 56.0 Å². The normalized spacial score (nSPS) is 34.3. The summed E-state index contributed by atoms with van der Waals surface area (Å²) in [6.45, 7) is 3.09. The van der Waals surface area contributed by atoms with Gasteiger partial charge in [-0.2, -0.15) is 0 Å². The lowest BCUT2D eigenvalue weighted by molar-refractivity contribution is -0.201. The van der Waals surface area contributed by atoms with E-state index in [1.54, 1.807) is 36.4 Å². The summed E-state index contributed by atoms with van der Waals surface area (Å²) in [5.74, 6) is -3.29. The molecule has 17 nitrogen and oxygen atoms in total. The van der Waals surface area contributed by atoms with Gasteiger partial charge in [0.05, 0.1) is 24.1 Å². The van der Waals surface area contributed by atoms with Crippen molar-refractivity contribution in [2.75, 3.05) is 23.8 Å². The molecule has 0 unspecified atom stereocenters. The van der Waals surface area contributed by atoms with Crippen LogP contribution in [-0.4, -0.2) is 105 Å². The van der Waals surface area contributed by atoms with Gasteiger partial charge in [0.15, 0.2) is 23.5 Å². The van der Waals surface area contributed by atoms with Crippen molar-refractivity contribution in [2.45, 2.75) is 140 Å². The number of halogens is 1. The molecule has 7 fully saturated rings. The highest BCUT2D eigenvalue weighted by atomic mass is 79.9. The number of alkyl halides is 1. The summed E-state index contributed by atoms with van der Waals surface area (Å²) in [6.07, 6.45) is 10.7. The van der Waals surface area contributed by atoms with E-state index in [0.717, 1.165) is 68.9 Å². The van der Waals surface area contributed by atoms with Gasteiger partial charge in [-0.1, -0.05) is 77.8 Å². The topological polar surface area (TPSA) is 256 Å². The van der Waals surface area contributed by atoms with Crippen LogP contribution in [0, 0.1) is 34.0 Å². The molecule has 1 heterocycles. The van der Waals surface area contributed by atoms with Crippen molar-refractivity contribution >= 4 is 63.0 Å². The van der Waals surface area contributed by atoms with Crippen LogP contribution in [0.25, 0.3) is 0 Å². The van der Waals surface area contributed by atoms with Crippen molar-refractivity contribution in [3.05, 3.63) is 89.0 Å². The molecule has 2 aromatic rings. The van der Waals surface area contributed by atoms with Crippen molar-refractivity contribution in [3.8, 4) is 0 Å². The summed E-state index contributed by atoms with van der Waals surface area (Å²) in [4.78, 5) is 87.6. The molecule has 72 heavy (non-hydrogen) atoms. The van der Waals surface area contributed by atoms with Crippen LogP contribution < -0.4 is 21.3 Å². The zero-order chi connectivity index (χ0) is 51.2. The lowest BCUT2D eigenvalue weighted by Crippen LogP contribution is -2.63. The average molecular weight is 1060 g/mol. The predicted molar refractivity (Wildman–Crippen MR) is 264 cm³/mol. The fourth-order valence-electron chi connectivity index (χ4n) is 14.1. The van der Waals surface area contributed by atoms with E-state index in [2.05, 4.69) is 56.3 Å². The fraction of sp³-hybridized carbons (Fsp3) is 0.574. The number of aliphatic hydroxyl groups excluding tert-OH is 2. The minimum Gasteiger partial charge on any atom is -0.481 e. The summed E-state index contributed by atoms with van der Waals surface area (Å²) in [5.41, 5.74) is 1.17. The monoisotopic (exact) mass is 1060 g/mol. The van der Waals surface area contributed by atoms with Gasteiger partial charge in [0.1, 0.15) is 19.3 Å². The number of carboxylic acids is 1. The summed E-state index contributed by atoms with van der Waals surface area (Å²) in [7, 11) is 0. The van der Waals surface area contributed by atoms with E-state index in [0.29, 0.717) is 24.1 Å². The third-order valence-corrected chi connectivity index (χ3v) is 18.4. The lowest BCUT2D eigenvalue weighted by atomic mass is 9.46. The van der Waals surface area contributed by atoms with Crippen LogP contribution in [0.1, 0.15) is 114 Å². The molecule has 1 aliphatic heterocycles. The largest absolute Gasteiger partial charge is 0.481 e. The minimum atomic E-state index is -1.42. The molecule has 0 radical (unpaired) electrons. The van der Waals surface area contributed by atoms with Crippen LogP contribution in [0.5, 0.6) is 0 Å². The Kier molecular flexibility index (Phi) is 14.5. The number of Topliss-reactive ketones (excluding diaryl/α,β-unsaturated/α-hetero) is 1. The highest BCUT2D eigenvalue weighted by Crippen LogP contribution is 2.70. The van der Waals surface area contributed by atoms with Gasteiger partial charge in [-0.3, -0.25) is 28.8 Å². The van der Waals surface area contributed by atoms with E-state index in [4.69, 9.17) is 19.3 Å². The minimum absolute atomic E-state index is 0.00367. The molecule has 0 spiro atoms. The third kappa shape index (κ3) is 9.69. The molecule has 6 saturated carbocycles. The number of hydrogen-bond donors (Lipinski definition) is 7. The van der Waals surface area contributed by atoms with E-state index >= 15 is 0 Å². The third-order valence-electron chi connectivity index (χ3n) is 17.9. The van der Waals surface area contributed by atoms with Crippen molar-refractivity contribution in [2.24, 2.45) is 34.0 Å². The number of fused-ring (bicyclic) bond motifs is 10. The number of aliphatic hydroxyl groups is 2. The van der Waals surface area contributed by atoms with Crippen LogP contribution in [0.15, 0.2) is 72.3 Å². The maximum absolute atomic E-state index is 14.0. The number of carbonyl (C=O) groups is 7. The number of hydrogen-bond acceptors (Lipinski definition) is 12. The molecule has 10 rings (SSSR count). The van der Waals surface area contributed by atoms with Crippen molar-refractivity contribution in [3.63, 3.8) is 0 Å². The Morgan fingerprint density at radius 2 is 1.62 bits per heavy atom. The average Bonchev–Trinajstić information content (AvgIpc) is 3.87. The second-order valence-electron chi connectivity index (χ2n) is 21.9. The number of allylic oxidation sites excluding steroid dienone is 4. The smallest absolute Gasteiger partial charge is 0.407 e. The number of anilines is 1. The van der Waals surface area contributed by atoms with Crippen LogP contribution in [0.4, 0.5) is 10.5 Å². The Bertz CT molecular complexity index is 2530. The molecule has 1 saturated heterocycles. The highest BCUT2D eigenvalue weighted by molar-refractivity contribution is 9.09. The van der Waals surface area contributed by atoms with Gasteiger partial charge in [0, 0.05) is 40.0 Å². The van der Waals surface area contributed by atoms with Gasteiger partial charge in [-0.05, 0) is 130 Å². The summed E-state index contributed by atoms with van der Waals surface area (Å²) >= 11 is 2.98. The number of ether oxygens (including phenoxy) is 3. The molecule has 2 bridgehead atoms. The standard InChI is InChI=1S/C54H65BrN4O13/c1-50-16-15-36(61)23-34(50)9-12-37-38-24-42-54(41(63)29-60,51(38,2)26-40(62)46(37)50)72-48(71-42)33-7-3-31(4-8-33)25-52-17-20-53(21-18-52,22-19-52)59-49(69)70-30-32-5-10-35(11-6-32)57-47(68)39(13-14-45(66)67)58-44(65)28-56-43(64)27-55/h3-8,10-11,15-16,23,37-40,42,46,48,60,62H,9,12-14,17-22,24-30H2,1-2H3,(H,56,64)(H,57,68)(H,58,65)(H,59,69)(H,66,67)/t37-,38-,39-,40-,42+,46+,48+,50-,51-,52?,53?,54+/m0/s1. The van der Waals surface area contributed by atoms with Crippen LogP contribution in [0.3, 0.4) is 0 Å². The van der Waals surface area contributed by atoms with Crippen LogP contribution in [0.2, 0.25) is 0 Å². The van der Waals surface area contributed by atoms with E-state index in [-0.39, 0.29) is 65.8 Å². The second-order valence-corrected chi connectivity index (χ2v) is 22.4. The van der Waals surface area contributed by atoms with E-state index in [1.807, 2.05) is 25.1 Å². The van der Waals surface area contributed by atoms with Crippen molar-refractivity contribution < 1.29 is 63.1 Å². The molecular weight excluding hydrogens is 993 g/mol. The predicted octanol–water partition coefficient (Wildman–Crippen LogP) is 5.65. The van der Waals surface area contributed by atoms with Gasteiger partial charge in [0.2, 0.25) is 17.7 Å². The molecular formula is C54H65BrN4O13. The maximum atomic E-state index is 14.0. The summed E-state index contributed by atoms with van der Waals surface area (Å²) in [5, 5.41) is 42.3. The molecule has 7 N–H and O–H groups in total. The van der Waals surface area contributed by atoms with Gasteiger partial charge < -0.3 is 50.8 Å². The van der Waals surface area contributed by atoms with Gasteiger partial charge in [-0.25, -0.2) is 4.79 Å². The van der Waals surface area contributed by atoms with E-state index < -0.39 is 83.1 Å². The molecule has 10 atom stereocenters. The van der Waals surface area contributed by atoms with Crippen molar-refractivity contribution in [1.82, 2.24) is 16.0 Å². The molecule has 4 amide bonds. The fourth-order valence-corrected chi connectivity index (χ4v) is 14.3. The first-order valence-electron chi connectivity index (χ1n) is 25.2. The number of nitrogens with one attached hydrogen (secondary N) is 4. The summed E-state index contributed by atoms with van der Waals surface area (Å²) < 4.78 is 19.2. The second kappa shape index (κ2) is 20.2. The number of aliphatic carboxylic acids is 1. The zero-order valence-corrected chi connectivity index (χ0v) is 42.3. The first-order valence-corrected chi connectivity index (χ1v) is 26.3. The van der Waals surface area contributed by atoms with Gasteiger partial charge >= 0.3 is 12.1 Å². The van der Waals surface area contributed by atoms with E-state index in [1.165, 1.54) is 5.56 Å². The number of carboxylic acid groups (broad SMARTS) is 1. The van der Waals surface area contributed by atoms with E-state index in [9.17, 15) is 43.8 Å². The maximum Gasteiger partial charge on any atom is 0.407 e. The number of benzene rings is 2. The molecule has 386 valence electrons. The Hall–Kier alpha value is -5.27. The Balaban J connectivity index is 0.756. The lowest BCUT2D eigenvalue weighted by Gasteiger charge is -2.59. The number of rotatable bonds is 17. The van der Waals surface area contributed by atoms with Crippen LogP contribution >= 0.6 is 15.9 Å². The molecule has 18 heteroatoms. The molecule has 0 aromatic heterocycles. The Morgan fingerprint density at radius 1 is 0.931 bits per heavy atom. The molecule has 7 aliphatic carbocycles. The molecule has 2 aromatic carbocycles. The number of alkyl carbamates (subject to hydrolysis) is 1. The Morgan fingerprint density at radius 3 is 2.29 bits per heavy atom. The molecule has 8 aliphatic rings. The summed E-state index contributed by atoms with van der Waals surface area (Å²) in [6, 6.07) is 13.7. The first kappa shape index (κ1) is 51.6. The zero-order valence-electron chi connectivity index (χ0n) is 40.7. The highest BCUT2D eigenvalue weighted by Gasteiger charge is 2.76. The van der Waals surface area contributed by atoms with Crippen molar-refractivity contribution in [1.29, 1.82) is 0 Å². The number of carbonyl (C=O) groups excluding carboxylic acids is 6. The van der Waals surface area contributed by atoms with Gasteiger partial charge in [-0.15, -0.1) is 0 Å².